The third-order valence-corrected chi connectivity index (χ3v) is 3.61. The Bertz CT molecular complexity index is 408. The van der Waals surface area contributed by atoms with Crippen LogP contribution in [0.2, 0.25) is 0 Å². The molecule has 4 heteroatoms. The first-order valence-electron chi connectivity index (χ1n) is 6.77. The lowest BCUT2D eigenvalue weighted by Crippen LogP contribution is -2.41. The summed E-state index contributed by atoms with van der Waals surface area (Å²) in [5.74, 6) is 1.10. The van der Waals surface area contributed by atoms with E-state index in [1.54, 1.807) is 0 Å². The fraction of sp³-hybridized carbons (Fsp3) is 0.533. The van der Waals surface area contributed by atoms with E-state index in [2.05, 4.69) is 0 Å². The Kier molecular flexibility index (Phi) is 4.80. The van der Waals surface area contributed by atoms with Crippen molar-refractivity contribution < 1.29 is 14.6 Å². The zero-order chi connectivity index (χ0) is 13.7. The number of carbonyl (C=O) groups is 1. The summed E-state index contributed by atoms with van der Waals surface area (Å²) in [6.45, 7) is 3.78. The van der Waals surface area contributed by atoms with Gasteiger partial charge in [0.15, 0.2) is 6.61 Å². The number of hydrogen-bond donors (Lipinski definition) is 1. The molecular formula is C15H21NO3. The second-order valence-electron chi connectivity index (χ2n) is 5.11. The molecule has 1 fully saturated rings. The van der Waals surface area contributed by atoms with Gasteiger partial charge in [-0.05, 0) is 37.8 Å². The number of ether oxygens (including phenoxy) is 1. The molecule has 2 rings (SSSR count). The fourth-order valence-corrected chi connectivity index (χ4v) is 2.24. The van der Waals surface area contributed by atoms with Crippen LogP contribution in [0.25, 0.3) is 0 Å². The van der Waals surface area contributed by atoms with Gasteiger partial charge in [-0.2, -0.15) is 0 Å². The predicted octanol–water partition coefficient (Wildman–Crippen LogP) is 1.60. The largest absolute Gasteiger partial charge is 0.484 e. The number of carbonyl (C=O) groups excluding carboxylic acids is 1. The molecule has 1 aliphatic heterocycles. The van der Waals surface area contributed by atoms with Crippen molar-refractivity contribution in [3.63, 3.8) is 0 Å². The van der Waals surface area contributed by atoms with E-state index in [9.17, 15) is 4.79 Å². The average molecular weight is 263 g/mol. The molecule has 19 heavy (non-hydrogen) atoms. The van der Waals surface area contributed by atoms with Crippen LogP contribution in [0.4, 0.5) is 0 Å². The third kappa shape index (κ3) is 3.96. The molecule has 0 radical (unpaired) electrons. The van der Waals surface area contributed by atoms with E-state index in [0.717, 1.165) is 31.7 Å². The molecule has 1 aromatic carbocycles. The average Bonchev–Trinajstić information content (AvgIpc) is 2.46. The number of nitrogens with zero attached hydrogens (tertiary/aromatic N) is 1. The maximum Gasteiger partial charge on any atom is 0.260 e. The van der Waals surface area contributed by atoms with Crippen molar-refractivity contribution in [3.8, 4) is 5.75 Å². The Morgan fingerprint density at radius 2 is 1.95 bits per heavy atom. The van der Waals surface area contributed by atoms with Crippen molar-refractivity contribution in [1.29, 1.82) is 0 Å². The monoisotopic (exact) mass is 263 g/mol. The maximum absolute atomic E-state index is 12.0. The van der Waals surface area contributed by atoms with E-state index in [0.29, 0.717) is 5.92 Å². The molecule has 1 amide bonds. The lowest BCUT2D eigenvalue weighted by Gasteiger charge is -2.31. The van der Waals surface area contributed by atoms with Crippen molar-refractivity contribution in [2.75, 3.05) is 26.3 Å². The number of rotatable bonds is 4. The summed E-state index contributed by atoms with van der Waals surface area (Å²) in [7, 11) is 0. The predicted molar refractivity (Wildman–Crippen MR) is 73.1 cm³/mol. The molecule has 0 spiro atoms. The molecule has 0 unspecified atom stereocenters. The first-order chi connectivity index (χ1) is 9.19. The summed E-state index contributed by atoms with van der Waals surface area (Å²) in [6.07, 6.45) is 1.76. The van der Waals surface area contributed by atoms with Crippen LogP contribution in [0.5, 0.6) is 5.75 Å². The van der Waals surface area contributed by atoms with Gasteiger partial charge in [0, 0.05) is 19.7 Å². The molecule has 0 saturated carbocycles. The fourth-order valence-electron chi connectivity index (χ4n) is 2.24. The highest BCUT2D eigenvalue weighted by Crippen LogP contribution is 2.17. The standard InChI is InChI=1S/C15H21NO3/c1-12-2-4-14(5-3-12)19-11-15(18)16-8-6-13(10-17)7-9-16/h2-5,13,17H,6-11H2,1H3. The van der Waals surface area contributed by atoms with Crippen LogP contribution < -0.4 is 4.74 Å². The zero-order valence-corrected chi connectivity index (χ0v) is 11.3. The Morgan fingerprint density at radius 1 is 1.32 bits per heavy atom. The lowest BCUT2D eigenvalue weighted by molar-refractivity contribution is -0.134. The van der Waals surface area contributed by atoms with E-state index < -0.39 is 0 Å². The first kappa shape index (κ1) is 13.9. The molecule has 1 heterocycles. The van der Waals surface area contributed by atoms with Gasteiger partial charge in [0.1, 0.15) is 5.75 Å². The number of aliphatic hydroxyl groups excluding tert-OH is 1. The van der Waals surface area contributed by atoms with Gasteiger partial charge in [-0.25, -0.2) is 0 Å². The van der Waals surface area contributed by atoms with Gasteiger partial charge in [-0.3, -0.25) is 4.79 Å². The second-order valence-corrected chi connectivity index (χ2v) is 5.11. The molecule has 1 saturated heterocycles. The quantitative estimate of drug-likeness (QED) is 0.897. The van der Waals surface area contributed by atoms with Gasteiger partial charge in [-0.15, -0.1) is 0 Å². The van der Waals surface area contributed by atoms with Gasteiger partial charge in [-0.1, -0.05) is 17.7 Å². The first-order valence-corrected chi connectivity index (χ1v) is 6.77. The molecule has 0 aliphatic carbocycles. The van der Waals surface area contributed by atoms with Crippen LogP contribution in [0.3, 0.4) is 0 Å². The van der Waals surface area contributed by atoms with Crippen LogP contribution in [0, 0.1) is 12.8 Å². The highest BCUT2D eigenvalue weighted by molar-refractivity contribution is 5.77. The van der Waals surface area contributed by atoms with Gasteiger partial charge in [0.2, 0.25) is 0 Å². The highest BCUT2D eigenvalue weighted by atomic mass is 16.5. The zero-order valence-electron chi connectivity index (χ0n) is 11.3. The van der Waals surface area contributed by atoms with Crippen molar-refractivity contribution in [1.82, 2.24) is 4.90 Å². The summed E-state index contributed by atoms with van der Waals surface area (Å²) in [4.78, 5) is 13.8. The van der Waals surface area contributed by atoms with E-state index in [-0.39, 0.29) is 19.1 Å². The van der Waals surface area contributed by atoms with Crippen LogP contribution in [0.1, 0.15) is 18.4 Å². The van der Waals surface area contributed by atoms with Gasteiger partial charge >= 0.3 is 0 Å². The van der Waals surface area contributed by atoms with E-state index in [1.165, 1.54) is 5.56 Å². The number of hydrogen-bond acceptors (Lipinski definition) is 3. The van der Waals surface area contributed by atoms with Crippen LogP contribution >= 0.6 is 0 Å². The van der Waals surface area contributed by atoms with Crippen LogP contribution in [0.15, 0.2) is 24.3 Å². The molecule has 0 atom stereocenters. The minimum absolute atomic E-state index is 0.0250. The van der Waals surface area contributed by atoms with Gasteiger partial charge in [0.25, 0.3) is 5.91 Å². The summed E-state index contributed by atoms with van der Waals surface area (Å²) in [5, 5.41) is 9.06. The Morgan fingerprint density at radius 3 is 2.53 bits per heavy atom. The molecule has 1 aliphatic rings. The van der Waals surface area contributed by atoms with E-state index in [1.807, 2.05) is 36.1 Å². The van der Waals surface area contributed by atoms with Crippen LogP contribution in [-0.4, -0.2) is 42.2 Å². The number of amides is 1. The van der Waals surface area contributed by atoms with Crippen LogP contribution in [-0.2, 0) is 4.79 Å². The highest BCUT2D eigenvalue weighted by Gasteiger charge is 2.22. The Labute approximate surface area is 114 Å². The summed E-state index contributed by atoms with van der Waals surface area (Å²) in [6, 6.07) is 7.68. The second kappa shape index (κ2) is 6.57. The molecule has 4 nitrogen and oxygen atoms in total. The van der Waals surface area contributed by atoms with E-state index in [4.69, 9.17) is 9.84 Å². The van der Waals surface area contributed by atoms with Crippen molar-refractivity contribution in [2.24, 2.45) is 5.92 Å². The lowest BCUT2D eigenvalue weighted by atomic mass is 9.98. The maximum atomic E-state index is 12.0. The van der Waals surface area contributed by atoms with Gasteiger partial charge < -0.3 is 14.7 Å². The molecule has 0 aromatic heterocycles. The minimum Gasteiger partial charge on any atom is -0.484 e. The summed E-state index contributed by atoms with van der Waals surface area (Å²) >= 11 is 0. The summed E-state index contributed by atoms with van der Waals surface area (Å²) in [5.41, 5.74) is 1.17. The molecule has 1 N–H and O–H groups in total. The van der Waals surface area contributed by atoms with E-state index >= 15 is 0 Å². The number of benzene rings is 1. The number of aliphatic hydroxyl groups is 1. The van der Waals surface area contributed by atoms with Gasteiger partial charge in [0.05, 0.1) is 0 Å². The summed E-state index contributed by atoms with van der Waals surface area (Å²) < 4.78 is 5.49. The SMILES string of the molecule is Cc1ccc(OCC(=O)N2CCC(CO)CC2)cc1. The molecular weight excluding hydrogens is 242 g/mol. The molecule has 0 bridgehead atoms. The third-order valence-electron chi connectivity index (χ3n) is 3.61. The van der Waals surface area contributed by atoms with Crippen molar-refractivity contribution >= 4 is 5.91 Å². The molecule has 1 aromatic rings. The minimum atomic E-state index is 0.0250. The Hall–Kier alpha value is -1.55. The van der Waals surface area contributed by atoms with Crippen molar-refractivity contribution in [3.05, 3.63) is 29.8 Å². The Balaban J connectivity index is 1.77. The normalized spacial score (nSPS) is 16.4. The number of likely N-dealkylation sites (tertiary alicyclic amines) is 1. The molecule has 104 valence electrons. The topological polar surface area (TPSA) is 49.8 Å². The number of aryl methyl sites for hydroxylation is 1. The number of piperidine rings is 1. The smallest absolute Gasteiger partial charge is 0.260 e. The van der Waals surface area contributed by atoms with Crippen molar-refractivity contribution in [2.45, 2.75) is 19.8 Å².